The second-order valence-electron chi connectivity index (χ2n) is 2.01. The molecule has 0 amide bonds. The van der Waals surface area contributed by atoms with Crippen molar-refractivity contribution in [3.8, 4) is 0 Å². The van der Waals surface area contributed by atoms with Crippen molar-refractivity contribution in [2.45, 2.75) is 0 Å². The molecule has 0 bridgehead atoms. The molecule has 0 aliphatic rings. The van der Waals surface area contributed by atoms with E-state index in [-0.39, 0.29) is 20.5 Å². The van der Waals surface area contributed by atoms with E-state index in [1.807, 2.05) is 0 Å². The summed E-state index contributed by atoms with van der Waals surface area (Å²) in [6.45, 7) is 0. The van der Waals surface area contributed by atoms with Crippen molar-refractivity contribution in [2.75, 3.05) is 0 Å². The van der Waals surface area contributed by atoms with Crippen LogP contribution in [0.3, 0.4) is 0 Å². The second kappa shape index (κ2) is 2.18. The molecule has 0 unspecified atom stereocenters. The molecule has 10 heavy (non-hydrogen) atoms. The van der Waals surface area contributed by atoms with Gasteiger partial charge < -0.3 is 0 Å². The van der Waals surface area contributed by atoms with Crippen LogP contribution in [-0.4, -0.2) is 18.7 Å². The predicted octanol–water partition coefficient (Wildman–Crippen LogP) is 1.43. The van der Waals surface area contributed by atoms with E-state index < -0.39 is 0 Å². The summed E-state index contributed by atoms with van der Waals surface area (Å²) in [6.07, 6.45) is 1.73. The molecule has 1 nitrogen and oxygen atoms in total. The Hall–Kier alpha value is -0.661. The molecule has 0 N–H and O–H groups in total. The minimum absolute atomic E-state index is 0.178. The number of benzene rings is 1. The van der Waals surface area contributed by atoms with Crippen LogP contribution in [0.2, 0.25) is 0 Å². The van der Waals surface area contributed by atoms with Crippen molar-refractivity contribution in [3.63, 3.8) is 0 Å². The number of hydrogen-bond donors (Lipinski definition) is 0. The average molecular weight is 200 g/mol. The summed E-state index contributed by atoms with van der Waals surface area (Å²) in [5, 5.41) is 0.944. The minimum atomic E-state index is -0.178. The number of rotatable bonds is 0. The van der Waals surface area contributed by atoms with E-state index in [1.165, 1.54) is 16.4 Å². The van der Waals surface area contributed by atoms with Crippen molar-refractivity contribution in [1.29, 1.82) is 0 Å². The summed E-state index contributed by atoms with van der Waals surface area (Å²) in [7, 11) is 0. The summed E-state index contributed by atoms with van der Waals surface area (Å²) < 4.78 is 17.7. The van der Waals surface area contributed by atoms with E-state index in [0.717, 1.165) is 5.39 Å². The first kappa shape index (κ1) is 6.08. The summed E-state index contributed by atoms with van der Waals surface area (Å²) in [4.78, 5) is 0. The average Bonchev–Trinajstić information content (AvgIpc) is 2.33. The Balaban J connectivity index is 2.86. The van der Waals surface area contributed by atoms with Gasteiger partial charge in [-0.25, -0.2) is 0 Å². The van der Waals surface area contributed by atoms with E-state index in [4.69, 9.17) is 0 Å². The fourth-order valence-corrected chi connectivity index (χ4v) is 2.16. The van der Waals surface area contributed by atoms with Gasteiger partial charge in [0.25, 0.3) is 0 Å². The number of nitrogens with zero attached hydrogens (tertiary/aromatic N) is 1. The fourth-order valence-electron chi connectivity index (χ4n) is 0.843. The molecule has 3 heteroatoms. The second-order valence-corrected chi connectivity index (χ2v) is 3.76. The van der Waals surface area contributed by atoms with Crippen molar-refractivity contribution in [3.05, 3.63) is 30.2 Å². The van der Waals surface area contributed by atoms with Crippen LogP contribution in [0.15, 0.2) is 24.4 Å². The number of aromatic nitrogens is 1. The first-order valence-corrected chi connectivity index (χ1v) is 4.48. The molecule has 0 spiro atoms. The zero-order valence-corrected chi connectivity index (χ0v) is 6.76. The number of halogens is 1. The Kier molecular flexibility index (Phi) is 1.33. The van der Waals surface area contributed by atoms with E-state index in [2.05, 4.69) is 3.98 Å². The van der Waals surface area contributed by atoms with Crippen LogP contribution >= 0.6 is 0 Å². The van der Waals surface area contributed by atoms with Gasteiger partial charge in [0.1, 0.15) is 0 Å². The molecule has 1 heterocycles. The monoisotopic (exact) mass is 201 g/mol. The van der Waals surface area contributed by atoms with Crippen LogP contribution in [0.5, 0.6) is 0 Å². The van der Waals surface area contributed by atoms with E-state index in [0.29, 0.717) is 0 Å². The summed E-state index contributed by atoms with van der Waals surface area (Å²) in [6, 6.07) is 4.81. The van der Waals surface area contributed by atoms with Gasteiger partial charge in [-0.3, -0.25) is 0 Å². The molecule has 0 saturated heterocycles. The molecule has 50 valence electrons. The van der Waals surface area contributed by atoms with Gasteiger partial charge in [0.2, 0.25) is 0 Å². The molecule has 0 radical (unpaired) electrons. The van der Waals surface area contributed by atoms with Gasteiger partial charge in [-0.05, 0) is 0 Å². The van der Waals surface area contributed by atoms with Crippen LogP contribution in [-0.2, 0) is 0 Å². The first-order chi connectivity index (χ1) is 4.86. The number of fused-ring (bicyclic) bond motifs is 1. The van der Waals surface area contributed by atoms with E-state index in [1.54, 1.807) is 12.3 Å². The predicted molar refractivity (Wildman–Crippen MR) is 38.6 cm³/mol. The van der Waals surface area contributed by atoms with E-state index >= 15 is 0 Å². The van der Waals surface area contributed by atoms with Crippen molar-refractivity contribution < 1.29 is 4.39 Å². The molecule has 1 aromatic carbocycles. The van der Waals surface area contributed by atoms with Crippen LogP contribution in [0.1, 0.15) is 0 Å². The molecular weight excluding hydrogens is 196 g/mol. The topological polar surface area (TPSA) is 12.9 Å². The third-order valence-corrected chi connectivity index (χ3v) is 2.95. The molecule has 0 saturated carbocycles. The Morgan fingerprint density at radius 1 is 1.40 bits per heavy atom. The van der Waals surface area contributed by atoms with Crippen LogP contribution < -0.4 is 0 Å². The summed E-state index contributed by atoms with van der Waals surface area (Å²) >= 11 is 0.197. The molecule has 0 aliphatic carbocycles. The van der Waals surface area contributed by atoms with Gasteiger partial charge in [0, 0.05) is 0 Å². The molecule has 0 aliphatic heterocycles. The SMILES string of the molecule is Fc1ccc2[se]ncc2c1. The van der Waals surface area contributed by atoms with Gasteiger partial charge in [0.05, 0.1) is 0 Å². The normalized spacial score (nSPS) is 10.5. The zero-order chi connectivity index (χ0) is 6.97. The molecule has 2 aromatic rings. The quantitative estimate of drug-likeness (QED) is 0.586. The summed E-state index contributed by atoms with van der Waals surface area (Å²) in [5.74, 6) is -0.178. The van der Waals surface area contributed by atoms with Gasteiger partial charge in [-0.15, -0.1) is 0 Å². The van der Waals surface area contributed by atoms with Crippen LogP contribution in [0.4, 0.5) is 4.39 Å². The maximum absolute atomic E-state index is 12.5. The van der Waals surface area contributed by atoms with Crippen LogP contribution in [0, 0.1) is 5.82 Å². The fraction of sp³-hybridized carbons (Fsp3) is 0. The molecule has 2 rings (SSSR count). The molecule has 1 aromatic heterocycles. The maximum atomic E-state index is 12.5. The Bertz CT molecular complexity index is 355. The van der Waals surface area contributed by atoms with Gasteiger partial charge in [-0.2, -0.15) is 0 Å². The van der Waals surface area contributed by atoms with Crippen molar-refractivity contribution in [2.24, 2.45) is 0 Å². The van der Waals surface area contributed by atoms with Gasteiger partial charge >= 0.3 is 63.0 Å². The Labute approximate surface area is 63.5 Å². The van der Waals surface area contributed by atoms with Crippen molar-refractivity contribution >= 4 is 24.4 Å². The molecule has 0 fully saturated rings. The van der Waals surface area contributed by atoms with Gasteiger partial charge in [-0.1, -0.05) is 0 Å². The zero-order valence-electron chi connectivity index (χ0n) is 5.04. The van der Waals surface area contributed by atoms with E-state index in [9.17, 15) is 4.39 Å². The standard InChI is InChI=1S/C7H4FNSe/c8-6-1-2-7-5(3-6)4-9-10-7/h1-4H. The third-order valence-electron chi connectivity index (χ3n) is 1.31. The molecule has 0 atom stereocenters. The van der Waals surface area contributed by atoms with Crippen molar-refractivity contribution in [1.82, 2.24) is 3.98 Å². The third kappa shape index (κ3) is 0.877. The first-order valence-electron chi connectivity index (χ1n) is 2.86. The Morgan fingerprint density at radius 2 is 2.30 bits per heavy atom. The summed E-state index contributed by atoms with van der Waals surface area (Å²) in [5.41, 5.74) is 0. The van der Waals surface area contributed by atoms with Crippen LogP contribution in [0.25, 0.3) is 9.65 Å². The molecular formula is C7H4FNSe. The Morgan fingerprint density at radius 3 is 3.20 bits per heavy atom. The number of hydrogen-bond acceptors (Lipinski definition) is 1. The van der Waals surface area contributed by atoms with Gasteiger partial charge in [0.15, 0.2) is 0 Å².